The first-order chi connectivity index (χ1) is 4.54. The Labute approximate surface area is 94.0 Å². The summed E-state index contributed by atoms with van der Waals surface area (Å²) in [4.78, 5) is 18.5. The molecular formula is C4H6HfO4S2-2. The second-order valence-corrected chi connectivity index (χ2v) is 1.65. The van der Waals surface area contributed by atoms with Gasteiger partial charge in [-0.05, 0) is 0 Å². The molecule has 0 aliphatic rings. The van der Waals surface area contributed by atoms with Crippen LogP contribution in [0.15, 0.2) is 0 Å². The topological polar surface area (TPSA) is 74.6 Å². The van der Waals surface area contributed by atoms with Crippen molar-refractivity contribution in [1.82, 2.24) is 0 Å². The maximum absolute atomic E-state index is 9.26. The molecule has 0 aliphatic heterocycles. The van der Waals surface area contributed by atoms with Gasteiger partial charge in [-0.15, -0.1) is 0 Å². The average Bonchev–Trinajstić information content (AvgIpc) is 1.89. The van der Waals surface area contributed by atoms with Gasteiger partial charge in [0.05, 0.1) is 0 Å². The van der Waals surface area contributed by atoms with E-state index in [0.29, 0.717) is 0 Å². The minimum Gasteiger partial charge on any atom is -0.782 e. The Hall–Kier alpha value is 0.510. The van der Waals surface area contributed by atoms with E-state index in [9.17, 15) is 9.59 Å². The van der Waals surface area contributed by atoms with Crippen molar-refractivity contribution in [2.45, 2.75) is 0 Å². The van der Waals surface area contributed by atoms with Crippen LogP contribution in [0.1, 0.15) is 0 Å². The van der Waals surface area contributed by atoms with E-state index >= 15 is 0 Å². The Morgan fingerprint density at radius 2 is 1.09 bits per heavy atom. The van der Waals surface area contributed by atoms with Crippen molar-refractivity contribution >= 4 is 37.2 Å². The molecule has 0 rings (SSSR count). The van der Waals surface area contributed by atoms with Gasteiger partial charge in [-0.2, -0.15) is 0 Å². The summed E-state index contributed by atoms with van der Waals surface area (Å²) in [6.45, 7) is 0. The maximum atomic E-state index is 9.26. The van der Waals surface area contributed by atoms with Crippen LogP contribution in [-0.2, 0) is 60.7 Å². The summed E-state index contributed by atoms with van der Waals surface area (Å²) < 4.78 is 0. The van der Waals surface area contributed by atoms with Gasteiger partial charge in [-0.1, -0.05) is 11.5 Å². The third kappa shape index (κ3) is 37.4. The first kappa shape index (κ1) is 17.6. The molecule has 2 N–H and O–H groups in total. The van der Waals surface area contributed by atoms with E-state index in [1.807, 2.05) is 0 Å². The molecule has 0 aromatic rings. The maximum Gasteiger partial charge on any atom is 0.279 e. The fourth-order valence-corrected chi connectivity index (χ4v) is 0. The van der Waals surface area contributed by atoms with Gasteiger partial charge in [0, 0.05) is 25.8 Å². The van der Waals surface area contributed by atoms with E-state index in [1.165, 1.54) is 0 Å². The molecule has 0 bridgehead atoms. The van der Waals surface area contributed by atoms with Gasteiger partial charge < -0.3 is 35.5 Å². The third-order valence-electron chi connectivity index (χ3n) is 0.247. The van der Waals surface area contributed by atoms with Gasteiger partial charge in [0.25, 0.3) is 11.9 Å². The molecule has 0 saturated carbocycles. The molecule has 4 nitrogen and oxygen atoms in total. The van der Waals surface area contributed by atoms with Crippen molar-refractivity contribution < 1.29 is 45.6 Å². The second-order valence-electron chi connectivity index (χ2n) is 1.08. The molecule has 0 unspecified atom stereocenters. The number of hydrogen-bond acceptors (Lipinski definition) is 4. The van der Waals surface area contributed by atoms with E-state index in [1.54, 1.807) is 0 Å². The molecule has 0 aliphatic carbocycles. The molecule has 11 heavy (non-hydrogen) atoms. The SMILES string of the molecule is O=C(O)C[S-].O=C(O)C[S-].[Hf]. The summed E-state index contributed by atoms with van der Waals surface area (Å²) in [6, 6.07) is 0. The minimum atomic E-state index is -0.931. The van der Waals surface area contributed by atoms with Crippen LogP contribution in [0.4, 0.5) is 0 Å². The summed E-state index contributed by atoms with van der Waals surface area (Å²) in [5, 5.41) is 15.2. The number of carboxylic acid groups (broad SMARTS) is 2. The molecule has 0 amide bonds. The normalized spacial score (nSPS) is 6.73. The minimum absolute atomic E-state index is 0. The van der Waals surface area contributed by atoms with Gasteiger partial charge in [0.15, 0.2) is 0 Å². The summed E-state index contributed by atoms with van der Waals surface area (Å²) in [5.74, 6) is -2.25. The molecule has 7 heteroatoms. The van der Waals surface area contributed by atoms with Crippen molar-refractivity contribution in [3.05, 3.63) is 0 Å². The van der Waals surface area contributed by atoms with Gasteiger partial charge in [-0.25, -0.2) is 0 Å². The number of hydrogen-bond donors (Lipinski definition) is 2. The zero-order valence-corrected chi connectivity index (χ0v) is 10.7. The Bertz CT molecular complexity index is 105. The molecule has 0 atom stereocenters. The number of aliphatic carboxylic acids is 2. The molecule has 0 spiro atoms. The smallest absolute Gasteiger partial charge is 0.279 e. The number of rotatable bonds is 2. The fraction of sp³-hybridized carbons (Fsp3) is 0.500. The van der Waals surface area contributed by atoms with Gasteiger partial charge in [0.2, 0.25) is 0 Å². The van der Waals surface area contributed by atoms with E-state index in [4.69, 9.17) is 10.2 Å². The molecule has 0 heterocycles. The first-order valence-corrected chi connectivity index (χ1v) is 3.29. The summed E-state index contributed by atoms with van der Waals surface area (Å²) in [5.41, 5.74) is 0. The second kappa shape index (κ2) is 13.1. The van der Waals surface area contributed by atoms with Crippen LogP contribution >= 0.6 is 0 Å². The molecule has 0 aromatic heterocycles. The van der Waals surface area contributed by atoms with Crippen LogP contribution in [-0.4, -0.2) is 33.7 Å². The molecule has 0 fully saturated rings. The Kier molecular flexibility index (Phi) is 20.9. The van der Waals surface area contributed by atoms with E-state index in [2.05, 4.69) is 25.3 Å². The van der Waals surface area contributed by atoms with Crippen molar-refractivity contribution in [1.29, 1.82) is 0 Å². The Morgan fingerprint density at radius 1 is 1.00 bits per heavy atom. The van der Waals surface area contributed by atoms with Crippen LogP contribution in [0.5, 0.6) is 0 Å². The quantitative estimate of drug-likeness (QED) is 0.498. The number of carbonyl (C=O) groups is 2. The third-order valence-corrected chi connectivity index (χ3v) is 0.741. The van der Waals surface area contributed by atoms with Crippen LogP contribution in [0, 0.1) is 0 Å². The monoisotopic (exact) mass is 362 g/mol. The Morgan fingerprint density at radius 3 is 1.09 bits per heavy atom. The average molecular weight is 361 g/mol. The van der Waals surface area contributed by atoms with Gasteiger partial charge >= 0.3 is 0 Å². The van der Waals surface area contributed by atoms with Gasteiger partial charge in [-0.3, -0.25) is 9.59 Å². The van der Waals surface area contributed by atoms with Crippen LogP contribution in [0.3, 0.4) is 0 Å². The van der Waals surface area contributed by atoms with Crippen molar-refractivity contribution in [2.75, 3.05) is 11.5 Å². The molecule has 0 aromatic carbocycles. The van der Waals surface area contributed by atoms with E-state index in [-0.39, 0.29) is 37.3 Å². The van der Waals surface area contributed by atoms with Crippen molar-refractivity contribution in [2.24, 2.45) is 0 Å². The molecule has 64 valence electrons. The van der Waals surface area contributed by atoms with Crippen LogP contribution in [0.25, 0.3) is 0 Å². The van der Waals surface area contributed by atoms with Crippen molar-refractivity contribution in [3.8, 4) is 0 Å². The van der Waals surface area contributed by atoms with Crippen LogP contribution in [0.2, 0.25) is 0 Å². The Balaban J connectivity index is -0.000000107. The predicted molar refractivity (Wildman–Crippen MR) is 39.7 cm³/mol. The molecule has 0 saturated heterocycles. The van der Waals surface area contributed by atoms with Crippen molar-refractivity contribution in [3.63, 3.8) is 0 Å². The standard InChI is InChI=1S/2C2H4O2S.Hf/c2*3-2(4)1-5;/h2*5H,1H2,(H,3,4);/p-2. The molecular weight excluding hydrogens is 355 g/mol. The fourth-order valence-electron chi connectivity index (χ4n) is 0. The van der Waals surface area contributed by atoms with Crippen LogP contribution < -0.4 is 0 Å². The van der Waals surface area contributed by atoms with E-state index < -0.39 is 11.9 Å². The summed E-state index contributed by atoms with van der Waals surface area (Å²) in [7, 11) is 0. The zero-order chi connectivity index (χ0) is 8.57. The summed E-state index contributed by atoms with van der Waals surface area (Å²) >= 11 is 8.15. The molecule has 0 radical (unpaired) electrons. The first-order valence-electron chi connectivity index (χ1n) is 2.14. The predicted octanol–water partition coefficient (Wildman–Crippen LogP) is -0.767. The zero-order valence-electron chi connectivity index (χ0n) is 5.44. The number of carboxylic acids is 2. The largest absolute Gasteiger partial charge is 0.782 e. The van der Waals surface area contributed by atoms with Gasteiger partial charge in [0.1, 0.15) is 0 Å². The summed E-state index contributed by atoms with van der Waals surface area (Å²) in [6.07, 6.45) is 0. The van der Waals surface area contributed by atoms with E-state index in [0.717, 1.165) is 0 Å².